The number of hydrogen-bond donors (Lipinski definition) is 1. The van der Waals surface area contributed by atoms with Gasteiger partial charge in [-0.1, -0.05) is 49.7 Å². The Kier molecular flexibility index (Phi) is 4.91. The summed E-state index contributed by atoms with van der Waals surface area (Å²) in [5, 5.41) is 2.68. The van der Waals surface area contributed by atoms with Crippen molar-refractivity contribution in [2.75, 3.05) is 4.90 Å². The summed E-state index contributed by atoms with van der Waals surface area (Å²) >= 11 is 5.85. The molecule has 1 fully saturated rings. The Morgan fingerprint density at radius 2 is 1.58 bits per heavy atom. The quantitative estimate of drug-likeness (QED) is 0.654. The maximum Gasteiger partial charge on any atom is 0.335 e. The molecule has 2 aromatic rings. The molecule has 1 aliphatic rings. The highest BCUT2D eigenvalue weighted by Gasteiger charge is 2.36. The maximum absolute atomic E-state index is 12.8. The van der Waals surface area contributed by atoms with Crippen molar-refractivity contribution >= 4 is 41.2 Å². The molecule has 0 saturated carbocycles. The van der Waals surface area contributed by atoms with E-state index < -0.39 is 17.8 Å². The normalized spacial score (nSPS) is 16.4. The number of hydrogen-bond acceptors (Lipinski definition) is 3. The number of urea groups is 1. The molecule has 1 aliphatic heterocycles. The molecule has 0 aromatic heterocycles. The highest BCUT2D eigenvalue weighted by molar-refractivity contribution is 6.39. The van der Waals surface area contributed by atoms with Crippen LogP contribution in [0, 0.1) is 0 Å². The van der Waals surface area contributed by atoms with Crippen molar-refractivity contribution in [1.29, 1.82) is 0 Å². The molecular formula is C20H17ClN2O3. The van der Waals surface area contributed by atoms with Gasteiger partial charge in [0, 0.05) is 5.02 Å². The lowest BCUT2D eigenvalue weighted by atomic mass is 10.0. The molecule has 2 aromatic carbocycles. The van der Waals surface area contributed by atoms with Crippen molar-refractivity contribution in [1.82, 2.24) is 5.32 Å². The number of rotatable bonds is 3. The van der Waals surface area contributed by atoms with E-state index in [0.717, 1.165) is 10.5 Å². The van der Waals surface area contributed by atoms with Crippen LogP contribution in [0.25, 0.3) is 6.08 Å². The lowest BCUT2D eigenvalue weighted by Gasteiger charge is -2.26. The second-order valence-electron chi connectivity index (χ2n) is 6.26. The van der Waals surface area contributed by atoms with E-state index in [1.807, 2.05) is 24.3 Å². The van der Waals surface area contributed by atoms with E-state index in [0.29, 0.717) is 22.2 Å². The summed E-state index contributed by atoms with van der Waals surface area (Å²) in [5.74, 6) is -0.999. The monoisotopic (exact) mass is 368 g/mol. The second kappa shape index (κ2) is 7.14. The van der Waals surface area contributed by atoms with Gasteiger partial charge < -0.3 is 0 Å². The van der Waals surface area contributed by atoms with Crippen LogP contribution in [0.3, 0.4) is 0 Å². The molecule has 0 atom stereocenters. The Hall–Kier alpha value is -2.92. The average molecular weight is 369 g/mol. The molecule has 6 heteroatoms. The predicted molar refractivity (Wildman–Crippen MR) is 101 cm³/mol. The van der Waals surface area contributed by atoms with Crippen LogP contribution in [0.4, 0.5) is 10.5 Å². The zero-order valence-corrected chi connectivity index (χ0v) is 15.1. The zero-order chi connectivity index (χ0) is 18.8. The number of carbonyl (C=O) groups is 3. The predicted octanol–water partition coefficient (Wildman–Crippen LogP) is 4.13. The first-order valence-electron chi connectivity index (χ1n) is 8.14. The second-order valence-corrected chi connectivity index (χ2v) is 6.69. The van der Waals surface area contributed by atoms with E-state index in [-0.39, 0.29) is 5.57 Å². The van der Waals surface area contributed by atoms with E-state index in [1.165, 1.54) is 6.08 Å². The SMILES string of the molecule is CC(C)c1ccc(C=C2C(=O)NC(=O)N(c3ccc(Cl)cc3)C2=O)cc1. The van der Waals surface area contributed by atoms with Crippen molar-refractivity contribution in [3.05, 3.63) is 70.3 Å². The van der Waals surface area contributed by atoms with E-state index >= 15 is 0 Å². The van der Waals surface area contributed by atoms with E-state index in [9.17, 15) is 14.4 Å². The maximum atomic E-state index is 12.8. The summed E-state index contributed by atoms with van der Waals surface area (Å²) in [6.07, 6.45) is 1.48. The standard InChI is InChI=1S/C20H17ClN2O3/c1-12(2)14-5-3-13(4-6-14)11-17-18(24)22-20(26)23(19(17)25)16-9-7-15(21)8-10-16/h3-12H,1-2H3,(H,22,24,26). The minimum absolute atomic E-state index is 0.100. The van der Waals surface area contributed by atoms with Gasteiger partial charge in [-0.25, -0.2) is 9.69 Å². The van der Waals surface area contributed by atoms with Gasteiger partial charge in [0.25, 0.3) is 11.8 Å². The van der Waals surface area contributed by atoms with Gasteiger partial charge in [0.1, 0.15) is 5.57 Å². The molecule has 0 unspecified atom stereocenters. The molecule has 1 heterocycles. The molecule has 0 aliphatic carbocycles. The fourth-order valence-electron chi connectivity index (χ4n) is 2.63. The molecule has 1 N–H and O–H groups in total. The van der Waals surface area contributed by atoms with Crippen LogP contribution in [0.15, 0.2) is 54.1 Å². The molecular weight excluding hydrogens is 352 g/mol. The van der Waals surface area contributed by atoms with E-state index in [1.54, 1.807) is 24.3 Å². The van der Waals surface area contributed by atoms with Crippen LogP contribution >= 0.6 is 11.6 Å². The van der Waals surface area contributed by atoms with Crippen molar-refractivity contribution in [2.24, 2.45) is 0 Å². The number of amides is 4. The van der Waals surface area contributed by atoms with E-state index in [4.69, 9.17) is 11.6 Å². The molecule has 0 bridgehead atoms. The lowest BCUT2D eigenvalue weighted by molar-refractivity contribution is -0.122. The number of benzene rings is 2. The molecule has 0 radical (unpaired) electrons. The first-order chi connectivity index (χ1) is 12.4. The van der Waals surface area contributed by atoms with Gasteiger partial charge in [0.05, 0.1) is 5.69 Å². The highest BCUT2D eigenvalue weighted by atomic mass is 35.5. The molecule has 5 nitrogen and oxygen atoms in total. The minimum atomic E-state index is -0.783. The van der Waals surface area contributed by atoms with Crippen molar-refractivity contribution in [2.45, 2.75) is 19.8 Å². The highest BCUT2D eigenvalue weighted by Crippen LogP contribution is 2.24. The summed E-state index contributed by atoms with van der Waals surface area (Å²) in [6, 6.07) is 13.0. The Balaban J connectivity index is 1.95. The Morgan fingerprint density at radius 1 is 0.962 bits per heavy atom. The third-order valence-electron chi connectivity index (χ3n) is 4.10. The summed E-state index contributed by atoms with van der Waals surface area (Å²) in [5.41, 5.74) is 2.10. The zero-order valence-electron chi connectivity index (χ0n) is 14.3. The molecule has 4 amide bonds. The molecule has 3 rings (SSSR count). The number of nitrogens with zero attached hydrogens (tertiary/aromatic N) is 1. The van der Waals surface area contributed by atoms with Crippen LogP contribution < -0.4 is 10.2 Å². The number of anilines is 1. The van der Waals surface area contributed by atoms with Gasteiger partial charge in [0.15, 0.2) is 0 Å². The topological polar surface area (TPSA) is 66.5 Å². The first kappa shape index (κ1) is 17.9. The van der Waals surface area contributed by atoms with Crippen molar-refractivity contribution in [3.8, 4) is 0 Å². The van der Waals surface area contributed by atoms with Gasteiger partial charge in [-0.15, -0.1) is 0 Å². The van der Waals surface area contributed by atoms with Crippen molar-refractivity contribution < 1.29 is 14.4 Å². The van der Waals surface area contributed by atoms with Crippen LogP contribution in [0.1, 0.15) is 30.9 Å². The van der Waals surface area contributed by atoms with Crippen LogP contribution in [0.5, 0.6) is 0 Å². The van der Waals surface area contributed by atoms with Gasteiger partial charge in [-0.05, 0) is 47.4 Å². The fourth-order valence-corrected chi connectivity index (χ4v) is 2.75. The summed E-state index contributed by atoms with van der Waals surface area (Å²) < 4.78 is 0. The van der Waals surface area contributed by atoms with Gasteiger partial charge in [-0.3, -0.25) is 14.9 Å². The van der Waals surface area contributed by atoms with Crippen LogP contribution in [-0.2, 0) is 9.59 Å². The molecule has 1 saturated heterocycles. The Morgan fingerprint density at radius 3 is 2.15 bits per heavy atom. The third kappa shape index (κ3) is 3.53. The van der Waals surface area contributed by atoms with E-state index in [2.05, 4.69) is 19.2 Å². The minimum Gasteiger partial charge on any atom is -0.273 e. The average Bonchev–Trinajstić information content (AvgIpc) is 2.60. The molecule has 0 spiro atoms. The number of nitrogens with one attached hydrogen (secondary N) is 1. The smallest absolute Gasteiger partial charge is 0.273 e. The van der Waals surface area contributed by atoms with Crippen LogP contribution in [0.2, 0.25) is 5.02 Å². The van der Waals surface area contributed by atoms with Crippen LogP contribution in [-0.4, -0.2) is 17.8 Å². The summed E-state index contributed by atoms with van der Waals surface area (Å²) in [4.78, 5) is 38.0. The number of barbiturate groups is 1. The summed E-state index contributed by atoms with van der Waals surface area (Å²) in [6.45, 7) is 4.17. The van der Waals surface area contributed by atoms with Gasteiger partial charge in [-0.2, -0.15) is 0 Å². The fraction of sp³-hybridized carbons (Fsp3) is 0.150. The summed E-state index contributed by atoms with van der Waals surface area (Å²) in [7, 11) is 0. The first-order valence-corrected chi connectivity index (χ1v) is 8.51. The molecule has 132 valence electrons. The van der Waals surface area contributed by atoms with Crippen molar-refractivity contribution in [3.63, 3.8) is 0 Å². The number of halogens is 1. The largest absolute Gasteiger partial charge is 0.335 e. The number of carbonyl (C=O) groups excluding carboxylic acids is 3. The Bertz CT molecular complexity index is 900. The number of imide groups is 2. The third-order valence-corrected chi connectivity index (χ3v) is 4.35. The van der Waals surface area contributed by atoms with Gasteiger partial charge >= 0.3 is 6.03 Å². The van der Waals surface area contributed by atoms with Gasteiger partial charge in [0.2, 0.25) is 0 Å². The Labute approximate surface area is 156 Å². The molecule has 26 heavy (non-hydrogen) atoms. The lowest BCUT2D eigenvalue weighted by Crippen LogP contribution is -2.54.